The van der Waals surface area contributed by atoms with Gasteiger partial charge in [-0.3, -0.25) is 0 Å². The molecule has 0 aliphatic heterocycles. The number of hydrogen-bond donors (Lipinski definition) is 1. The van der Waals surface area contributed by atoms with E-state index in [9.17, 15) is 0 Å². The van der Waals surface area contributed by atoms with Crippen molar-refractivity contribution in [2.45, 2.75) is 71.9 Å². The second kappa shape index (κ2) is 7.60. The van der Waals surface area contributed by atoms with Crippen LogP contribution in [-0.2, 0) is 0 Å². The topological polar surface area (TPSA) is 12.0 Å². The molecule has 76 valence electrons. The highest BCUT2D eigenvalue weighted by Crippen LogP contribution is 2.17. The molecule has 1 rings (SSSR count). The molecule has 12 heavy (non-hydrogen) atoms. The third-order valence-corrected chi connectivity index (χ3v) is 2.17. The molecule has 0 saturated heterocycles. The summed E-state index contributed by atoms with van der Waals surface area (Å²) in [6, 6.07) is 1.50. The van der Waals surface area contributed by atoms with Crippen molar-refractivity contribution < 1.29 is 1.43 Å². The molecule has 1 N–H and O–H groups in total. The average Bonchev–Trinajstić information content (AvgIpc) is 2.08. The zero-order valence-electron chi connectivity index (χ0n) is 9.19. The number of hydrogen-bond acceptors (Lipinski definition) is 1. The maximum absolute atomic E-state index is 3.58. The van der Waals surface area contributed by atoms with Gasteiger partial charge in [-0.25, -0.2) is 0 Å². The monoisotopic (exact) mass is 173 g/mol. The first-order valence-electron chi connectivity index (χ1n) is 5.55. The second-order valence-corrected chi connectivity index (χ2v) is 3.66. The molecular formula is C11H27N. The molecular weight excluding hydrogens is 146 g/mol. The summed E-state index contributed by atoms with van der Waals surface area (Å²) in [6.07, 6.45) is 7.13. The van der Waals surface area contributed by atoms with Crippen LogP contribution < -0.4 is 5.32 Å². The molecule has 0 spiro atoms. The van der Waals surface area contributed by atoms with Crippen LogP contribution in [0.4, 0.5) is 0 Å². The first-order chi connectivity index (χ1) is 5.79. The average molecular weight is 173 g/mol. The van der Waals surface area contributed by atoms with E-state index < -0.39 is 0 Å². The number of rotatable bonds is 2. The van der Waals surface area contributed by atoms with E-state index in [1.807, 2.05) is 13.8 Å². The highest BCUT2D eigenvalue weighted by molar-refractivity contribution is 4.73. The van der Waals surface area contributed by atoms with Gasteiger partial charge in [0.05, 0.1) is 0 Å². The first-order valence-corrected chi connectivity index (χ1v) is 5.55. The molecule has 0 radical (unpaired) electrons. The fourth-order valence-electron chi connectivity index (χ4n) is 1.74. The molecule has 0 amide bonds. The minimum atomic E-state index is 0. The maximum Gasteiger partial charge on any atom is 0.00694 e. The standard InChI is InChI=1S/C9H19N.C2H6.H2/c1-8(2)10-9-6-4-3-5-7-9;1-2;/h8-10H,3-7H2,1-2H3;1-2H3;1H. The van der Waals surface area contributed by atoms with Crippen molar-refractivity contribution in [1.29, 1.82) is 0 Å². The molecule has 1 saturated carbocycles. The lowest BCUT2D eigenvalue weighted by atomic mass is 9.95. The van der Waals surface area contributed by atoms with Crippen molar-refractivity contribution in [1.82, 2.24) is 5.32 Å². The quantitative estimate of drug-likeness (QED) is 0.673. The van der Waals surface area contributed by atoms with Crippen LogP contribution in [0.2, 0.25) is 0 Å². The smallest absolute Gasteiger partial charge is 0.00694 e. The van der Waals surface area contributed by atoms with Crippen LogP contribution in [0, 0.1) is 0 Å². The van der Waals surface area contributed by atoms with E-state index in [-0.39, 0.29) is 1.43 Å². The predicted molar refractivity (Wildman–Crippen MR) is 58.6 cm³/mol. The van der Waals surface area contributed by atoms with Crippen LogP contribution in [0.25, 0.3) is 0 Å². The molecule has 0 aromatic heterocycles. The number of nitrogens with one attached hydrogen (secondary N) is 1. The summed E-state index contributed by atoms with van der Waals surface area (Å²) in [7, 11) is 0. The van der Waals surface area contributed by atoms with Crippen molar-refractivity contribution in [2.24, 2.45) is 0 Å². The fourth-order valence-corrected chi connectivity index (χ4v) is 1.74. The van der Waals surface area contributed by atoms with Gasteiger partial charge in [0.25, 0.3) is 0 Å². The Hall–Kier alpha value is -0.0400. The Morgan fingerprint density at radius 2 is 1.58 bits per heavy atom. The van der Waals surface area contributed by atoms with Gasteiger partial charge in [0.2, 0.25) is 0 Å². The molecule has 0 aromatic carbocycles. The van der Waals surface area contributed by atoms with Crippen molar-refractivity contribution in [2.75, 3.05) is 0 Å². The van der Waals surface area contributed by atoms with Crippen molar-refractivity contribution in [3.05, 3.63) is 0 Å². The molecule has 1 aliphatic rings. The van der Waals surface area contributed by atoms with Crippen LogP contribution in [0.3, 0.4) is 0 Å². The normalized spacial score (nSPS) is 18.8. The zero-order valence-corrected chi connectivity index (χ0v) is 9.19. The summed E-state index contributed by atoms with van der Waals surface area (Å²) in [6.45, 7) is 8.46. The Bertz CT molecular complexity index is 88.1. The fraction of sp³-hybridized carbons (Fsp3) is 1.00. The summed E-state index contributed by atoms with van der Waals surface area (Å²) >= 11 is 0. The Morgan fingerprint density at radius 1 is 1.08 bits per heavy atom. The molecule has 0 aromatic rings. The highest BCUT2D eigenvalue weighted by Gasteiger charge is 2.12. The summed E-state index contributed by atoms with van der Waals surface area (Å²) < 4.78 is 0. The molecule has 0 unspecified atom stereocenters. The molecule has 0 bridgehead atoms. The SMILES string of the molecule is CC.CC(C)NC1CCCCC1.[HH]. The molecule has 1 aliphatic carbocycles. The lowest BCUT2D eigenvalue weighted by Gasteiger charge is -2.24. The van der Waals surface area contributed by atoms with Crippen LogP contribution >= 0.6 is 0 Å². The first kappa shape index (κ1) is 12.0. The van der Waals surface area contributed by atoms with E-state index >= 15 is 0 Å². The highest BCUT2D eigenvalue weighted by atomic mass is 14.9. The second-order valence-electron chi connectivity index (χ2n) is 3.66. The van der Waals surface area contributed by atoms with Crippen LogP contribution in [0.1, 0.15) is 61.2 Å². The van der Waals surface area contributed by atoms with Gasteiger partial charge in [0, 0.05) is 13.5 Å². The molecule has 1 nitrogen and oxygen atoms in total. The van der Waals surface area contributed by atoms with Gasteiger partial charge in [0.15, 0.2) is 0 Å². The van der Waals surface area contributed by atoms with E-state index in [1.54, 1.807) is 0 Å². The Balaban J connectivity index is 0. The maximum atomic E-state index is 3.58. The summed E-state index contributed by atoms with van der Waals surface area (Å²) in [5.41, 5.74) is 0. The van der Waals surface area contributed by atoms with Crippen molar-refractivity contribution >= 4 is 0 Å². The Kier molecular flexibility index (Phi) is 7.58. The van der Waals surface area contributed by atoms with Gasteiger partial charge in [-0.1, -0.05) is 47.0 Å². The van der Waals surface area contributed by atoms with Gasteiger partial charge in [0.1, 0.15) is 0 Å². The molecule has 1 heteroatoms. The van der Waals surface area contributed by atoms with Crippen LogP contribution in [0.15, 0.2) is 0 Å². The predicted octanol–water partition coefficient (Wildman–Crippen LogP) is 3.59. The molecule has 1 fully saturated rings. The Morgan fingerprint density at radius 3 is 2.00 bits per heavy atom. The van der Waals surface area contributed by atoms with Gasteiger partial charge in [-0.2, -0.15) is 0 Å². The summed E-state index contributed by atoms with van der Waals surface area (Å²) in [5.74, 6) is 0. The van der Waals surface area contributed by atoms with Crippen LogP contribution in [-0.4, -0.2) is 12.1 Å². The minimum absolute atomic E-state index is 0. The third-order valence-electron chi connectivity index (χ3n) is 2.17. The van der Waals surface area contributed by atoms with Crippen molar-refractivity contribution in [3.63, 3.8) is 0 Å². The zero-order chi connectivity index (χ0) is 9.40. The van der Waals surface area contributed by atoms with Gasteiger partial charge in [-0.05, 0) is 12.8 Å². The van der Waals surface area contributed by atoms with Gasteiger partial charge < -0.3 is 5.32 Å². The largest absolute Gasteiger partial charge is 0.312 e. The minimum Gasteiger partial charge on any atom is -0.312 e. The molecule has 0 atom stereocenters. The summed E-state index contributed by atoms with van der Waals surface area (Å²) in [4.78, 5) is 0. The molecule has 0 heterocycles. The third kappa shape index (κ3) is 5.59. The van der Waals surface area contributed by atoms with E-state index in [0.29, 0.717) is 6.04 Å². The van der Waals surface area contributed by atoms with Crippen LogP contribution in [0.5, 0.6) is 0 Å². The Labute approximate surface area is 79.4 Å². The van der Waals surface area contributed by atoms with E-state index in [1.165, 1.54) is 32.1 Å². The van der Waals surface area contributed by atoms with Gasteiger partial charge >= 0.3 is 0 Å². The van der Waals surface area contributed by atoms with E-state index in [0.717, 1.165) is 6.04 Å². The van der Waals surface area contributed by atoms with E-state index in [4.69, 9.17) is 0 Å². The lowest BCUT2D eigenvalue weighted by Crippen LogP contribution is -2.35. The lowest BCUT2D eigenvalue weighted by molar-refractivity contribution is 0.352. The van der Waals surface area contributed by atoms with E-state index in [2.05, 4.69) is 19.2 Å². The van der Waals surface area contributed by atoms with Gasteiger partial charge in [-0.15, -0.1) is 0 Å². The summed E-state index contributed by atoms with van der Waals surface area (Å²) in [5, 5.41) is 3.58. The van der Waals surface area contributed by atoms with Crippen molar-refractivity contribution in [3.8, 4) is 0 Å².